The van der Waals surface area contributed by atoms with Crippen molar-refractivity contribution in [2.24, 2.45) is 0 Å². The number of carbonyl (C=O) groups excluding carboxylic acids is 1. The van der Waals surface area contributed by atoms with Gasteiger partial charge in [-0.25, -0.2) is 13.2 Å². The van der Waals surface area contributed by atoms with Crippen LogP contribution in [-0.2, 0) is 24.1 Å². The van der Waals surface area contributed by atoms with Crippen LogP contribution in [0.15, 0.2) is 29.2 Å². The zero-order valence-corrected chi connectivity index (χ0v) is 17.4. The van der Waals surface area contributed by atoms with E-state index in [1.807, 2.05) is 0 Å². The van der Waals surface area contributed by atoms with Gasteiger partial charge in [0.25, 0.3) is 9.84 Å². The molecule has 1 aliphatic carbocycles. The minimum absolute atomic E-state index is 0.0557. The summed E-state index contributed by atoms with van der Waals surface area (Å²) in [6, 6.07) is 4.62. The molecule has 0 radical (unpaired) electrons. The molecule has 1 N–H and O–H groups in total. The summed E-state index contributed by atoms with van der Waals surface area (Å²) in [4.78, 5) is 10.9. The molecule has 164 valence electrons. The van der Waals surface area contributed by atoms with Gasteiger partial charge in [-0.3, -0.25) is 0 Å². The van der Waals surface area contributed by atoms with E-state index in [0.29, 0.717) is 5.69 Å². The maximum Gasteiger partial charge on any atom is 0.501 e. The van der Waals surface area contributed by atoms with Crippen LogP contribution in [0.3, 0.4) is 0 Å². The second kappa shape index (κ2) is 8.91. The number of carbonyl (C=O) groups is 1. The number of benzene rings is 1. The van der Waals surface area contributed by atoms with Crippen molar-refractivity contribution in [2.45, 2.75) is 74.6 Å². The SMILES string of the molecule is CC(C)(C)OC(=O)COC1CCC(Nc2ccc(S(=O)(=O)C(F)(F)F)cc2)CC1. The van der Waals surface area contributed by atoms with E-state index < -0.39 is 31.8 Å². The molecule has 0 spiro atoms. The van der Waals surface area contributed by atoms with Gasteiger partial charge >= 0.3 is 11.5 Å². The standard InChI is InChI=1S/C19H26F3NO5S/c1-18(2,3)28-17(24)12-27-15-8-4-13(5-9-15)23-14-6-10-16(11-7-14)29(25,26)19(20,21)22/h6-7,10-11,13,15,23H,4-5,8-9,12H2,1-3H3. The van der Waals surface area contributed by atoms with Crippen molar-refractivity contribution in [2.75, 3.05) is 11.9 Å². The van der Waals surface area contributed by atoms with E-state index in [9.17, 15) is 26.4 Å². The third kappa shape index (κ3) is 6.88. The lowest BCUT2D eigenvalue weighted by atomic mass is 9.93. The van der Waals surface area contributed by atoms with Gasteiger partial charge in [0.05, 0.1) is 11.0 Å². The normalized spacial score (nSPS) is 20.9. The molecule has 10 heteroatoms. The molecule has 0 bridgehead atoms. The Bertz CT molecular complexity index is 793. The molecule has 0 aromatic heterocycles. The van der Waals surface area contributed by atoms with Crippen LogP contribution < -0.4 is 5.32 Å². The Hall–Kier alpha value is -1.81. The van der Waals surface area contributed by atoms with E-state index >= 15 is 0 Å². The number of alkyl halides is 3. The number of hydrogen-bond donors (Lipinski definition) is 1. The molecule has 0 aliphatic heterocycles. The first-order valence-electron chi connectivity index (χ1n) is 9.29. The van der Waals surface area contributed by atoms with Gasteiger partial charge < -0.3 is 14.8 Å². The van der Waals surface area contributed by atoms with Crippen LogP contribution in [0.25, 0.3) is 0 Å². The van der Waals surface area contributed by atoms with Gasteiger partial charge in [0.1, 0.15) is 12.2 Å². The minimum Gasteiger partial charge on any atom is -0.458 e. The second-order valence-corrected chi connectivity index (χ2v) is 9.93. The molecule has 6 nitrogen and oxygen atoms in total. The molecule has 1 aliphatic rings. The number of ether oxygens (including phenoxy) is 2. The van der Waals surface area contributed by atoms with Crippen molar-refractivity contribution in [3.05, 3.63) is 24.3 Å². The lowest BCUT2D eigenvalue weighted by Crippen LogP contribution is -2.32. The molecule has 29 heavy (non-hydrogen) atoms. The van der Waals surface area contributed by atoms with Crippen LogP contribution in [0.4, 0.5) is 18.9 Å². The first-order valence-corrected chi connectivity index (χ1v) is 10.8. The zero-order valence-electron chi connectivity index (χ0n) is 16.6. The third-order valence-electron chi connectivity index (χ3n) is 4.37. The Morgan fingerprint density at radius 2 is 1.62 bits per heavy atom. The van der Waals surface area contributed by atoms with Gasteiger partial charge in [-0.1, -0.05) is 0 Å². The van der Waals surface area contributed by atoms with Crippen LogP contribution in [0, 0.1) is 0 Å². The molecular weight excluding hydrogens is 411 g/mol. The van der Waals surface area contributed by atoms with Crippen molar-refractivity contribution in [1.29, 1.82) is 0 Å². The van der Waals surface area contributed by atoms with Crippen molar-refractivity contribution in [1.82, 2.24) is 0 Å². The fourth-order valence-corrected chi connectivity index (χ4v) is 3.79. The highest BCUT2D eigenvalue weighted by Gasteiger charge is 2.46. The van der Waals surface area contributed by atoms with Gasteiger partial charge in [-0.15, -0.1) is 0 Å². The smallest absolute Gasteiger partial charge is 0.458 e. The summed E-state index contributed by atoms with van der Waals surface area (Å²) < 4.78 is 71.3. The lowest BCUT2D eigenvalue weighted by molar-refractivity contribution is -0.162. The van der Waals surface area contributed by atoms with Crippen LogP contribution >= 0.6 is 0 Å². The van der Waals surface area contributed by atoms with Crippen LogP contribution in [0.1, 0.15) is 46.5 Å². The molecule has 1 aromatic rings. The summed E-state index contributed by atoms with van der Waals surface area (Å²) in [7, 11) is -5.34. The summed E-state index contributed by atoms with van der Waals surface area (Å²) in [5.74, 6) is -0.411. The zero-order chi connectivity index (χ0) is 21.9. The summed E-state index contributed by atoms with van der Waals surface area (Å²) in [6.07, 6.45) is 2.89. The van der Waals surface area contributed by atoms with Gasteiger partial charge in [0, 0.05) is 11.7 Å². The summed E-state index contributed by atoms with van der Waals surface area (Å²) in [6.45, 7) is 5.25. The Morgan fingerprint density at radius 1 is 1.07 bits per heavy atom. The van der Waals surface area contributed by atoms with Crippen molar-refractivity contribution < 1.29 is 35.9 Å². The topological polar surface area (TPSA) is 81.7 Å². The van der Waals surface area contributed by atoms with Crippen LogP contribution in [0.2, 0.25) is 0 Å². The number of anilines is 1. The number of hydrogen-bond acceptors (Lipinski definition) is 6. The van der Waals surface area contributed by atoms with Crippen LogP contribution in [-0.4, -0.2) is 44.2 Å². The van der Waals surface area contributed by atoms with Crippen molar-refractivity contribution >= 4 is 21.5 Å². The molecule has 0 saturated heterocycles. The van der Waals surface area contributed by atoms with E-state index in [1.165, 1.54) is 12.1 Å². The largest absolute Gasteiger partial charge is 0.501 e. The third-order valence-corrected chi connectivity index (χ3v) is 5.87. The van der Waals surface area contributed by atoms with E-state index in [0.717, 1.165) is 37.8 Å². The first-order chi connectivity index (χ1) is 13.3. The molecule has 1 fully saturated rings. The number of rotatable bonds is 6. The van der Waals surface area contributed by atoms with E-state index in [-0.39, 0.29) is 18.8 Å². The highest BCUT2D eigenvalue weighted by molar-refractivity contribution is 7.92. The summed E-state index contributed by atoms with van der Waals surface area (Å²) >= 11 is 0. The van der Waals surface area contributed by atoms with Crippen molar-refractivity contribution in [3.8, 4) is 0 Å². The quantitative estimate of drug-likeness (QED) is 0.676. The number of nitrogens with one attached hydrogen (secondary N) is 1. The Morgan fingerprint density at radius 3 is 2.10 bits per heavy atom. The molecule has 0 unspecified atom stereocenters. The van der Waals surface area contributed by atoms with E-state index in [2.05, 4.69) is 5.32 Å². The number of halogens is 3. The lowest BCUT2D eigenvalue weighted by Gasteiger charge is -2.30. The monoisotopic (exact) mass is 437 g/mol. The highest BCUT2D eigenvalue weighted by Crippen LogP contribution is 2.31. The predicted octanol–water partition coefficient (Wildman–Crippen LogP) is 4.06. The molecule has 1 saturated carbocycles. The number of sulfone groups is 1. The molecule has 0 amide bonds. The Balaban J connectivity index is 1.80. The molecule has 2 rings (SSSR count). The Kier molecular flexibility index (Phi) is 7.21. The second-order valence-electron chi connectivity index (χ2n) is 7.99. The minimum atomic E-state index is -5.34. The summed E-state index contributed by atoms with van der Waals surface area (Å²) in [5.41, 5.74) is -5.33. The molecule has 0 heterocycles. The summed E-state index contributed by atoms with van der Waals surface area (Å²) in [5, 5.41) is 3.19. The molecule has 1 aromatic carbocycles. The fourth-order valence-electron chi connectivity index (χ4n) is 3.03. The van der Waals surface area contributed by atoms with Gasteiger partial charge in [-0.2, -0.15) is 13.2 Å². The average Bonchev–Trinajstić information content (AvgIpc) is 2.59. The van der Waals surface area contributed by atoms with Crippen LogP contribution in [0.5, 0.6) is 0 Å². The Labute approximate surface area is 168 Å². The van der Waals surface area contributed by atoms with Gasteiger partial charge in [0.15, 0.2) is 0 Å². The highest BCUT2D eigenvalue weighted by atomic mass is 32.2. The van der Waals surface area contributed by atoms with Gasteiger partial charge in [-0.05, 0) is 70.7 Å². The van der Waals surface area contributed by atoms with Gasteiger partial charge in [0.2, 0.25) is 0 Å². The average molecular weight is 437 g/mol. The number of esters is 1. The maximum atomic E-state index is 12.6. The maximum absolute atomic E-state index is 12.6. The van der Waals surface area contributed by atoms with E-state index in [1.54, 1.807) is 20.8 Å². The van der Waals surface area contributed by atoms with E-state index in [4.69, 9.17) is 9.47 Å². The fraction of sp³-hybridized carbons (Fsp3) is 0.632. The molecular formula is C19H26F3NO5S. The molecule has 0 atom stereocenters. The first kappa shape index (κ1) is 23.5. The predicted molar refractivity (Wildman–Crippen MR) is 101 cm³/mol. The van der Waals surface area contributed by atoms with Crippen molar-refractivity contribution in [3.63, 3.8) is 0 Å².